The molecule has 1 heterocycles. The minimum atomic E-state index is -0.317. The number of para-hydroxylation sites is 1. The standard InChI is InChI=1S/C18H15BrN4O2/c1-25-13-8-6-12(7-9-13)21-17(24)16-10-11-20-18(23-16)22-15-5-3-2-4-14(15)19/h2-11H,1H3,(H,21,24)(H,20,22,23). The summed E-state index contributed by atoms with van der Waals surface area (Å²) in [5.41, 5.74) is 1.74. The van der Waals surface area contributed by atoms with Gasteiger partial charge in [-0.2, -0.15) is 0 Å². The number of rotatable bonds is 5. The summed E-state index contributed by atoms with van der Waals surface area (Å²) in [4.78, 5) is 20.8. The number of benzene rings is 2. The van der Waals surface area contributed by atoms with Crippen LogP contribution in [0.1, 0.15) is 10.5 Å². The van der Waals surface area contributed by atoms with Gasteiger partial charge in [0.1, 0.15) is 11.4 Å². The van der Waals surface area contributed by atoms with E-state index in [2.05, 4.69) is 36.5 Å². The van der Waals surface area contributed by atoms with Crippen LogP contribution in [0.15, 0.2) is 65.3 Å². The van der Waals surface area contributed by atoms with Gasteiger partial charge in [0.25, 0.3) is 5.91 Å². The van der Waals surface area contributed by atoms with E-state index in [1.807, 2.05) is 24.3 Å². The topological polar surface area (TPSA) is 76.1 Å². The van der Waals surface area contributed by atoms with Crippen molar-refractivity contribution < 1.29 is 9.53 Å². The summed E-state index contributed by atoms with van der Waals surface area (Å²) < 4.78 is 5.98. The normalized spacial score (nSPS) is 10.2. The van der Waals surface area contributed by atoms with E-state index in [0.29, 0.717) is 11.6 Å². The third-order valence-electron chi connectivity index (χ3n) is 3.36. The van der Waals surface area contributed by atoms with E-state index >= 15 is 0 Å². The molecule has 0 saturated heterocycles. The van der Waals surface area contributed by atoms with Crippen molar-refractivity contribution in [3.63, 3.8) is 0 Å². The van der Waals surface area contributed by atoms with Gasteiger partial charge >= 0.3 is 0 Å². The van der Waals surface area contributed by atoms with Crippen LogP contribution >= 0.6 is 15.9 Å². The molecule has 3 aromatic rings. The molecule has 0 fully saturated rings. The minimum absolute atomic E-state index is 0.264. The molecular weight excluding hydrogens is 384 g/mol. The fraction of sp³-hybridized carbons (Fsp3) is 0.0556. The summed E-state index contributed by atoms with van der Waals surface area (Å²) in [6, 6.07) is 16.2. The average Bonchev–Trinajstić information content (AvgIpc) is 2.64. The number of carbonyl (C=O) groups is 1. The van der Waals surface area contributed by atoms with Crippen LogP contribution in [0.25, 0.3) is 0 Å². The summed E-state index contributed by atoms with van der Waals surface area (Å²) in [6.07, 6.45) is 1.54. The molecule has 1 amide bonds. The molecule has 0 aliphatic carbocycles. The summed E-state index contributed by atoms with van der Waals surface area (Å²) in [5.74, 6) is 0.747. The third kappa shape index (κ3) is 4.33. The maximum atomic E-state index is 12.4. The second kappa shape index (κ2) is 7.76. The molecule has 0 atom stereocenters. The first-order valence-electron chi connectivity index (χ1n) is 7.46. The van der Waals surface area contributed by atoms with E-state index in [0.717, 1.165) is 15.9 Å². The SMILES string of the molecule is COc1ccc(NC(=O)c2ccnc(Nc3ccccc3Br)n2)cc1. The van der Waals surface area contributed by atoms with Crippen molar-refractivity contribution in [1.29, 1.82) is 0 Å². The second-order valence-electron chi connectivity index (χ2n) is 5.05. The first kappa shape index (κ1) is 16.9. The fourth-order valence-electron chi connectivity index (χ4n) is 2.10. The van der Waals surface area contributed by atoms with E-state index in [1.54, 1.807) is 37.4 Å². The molecule has 25 heavy (non-hydrogen) atoms. The van der Waals surface area contributed by atoms with Crippen LogP contribution in [0.3, 0.4) is 0 Å². The van der Waals surface area contributed by atoms with Gasteiger partial charge in [0.05, 0.1) is 12.8 Å². The first-order valence-corrected chi connectivity index (χ1v) is 8.25. The Hall–Kier alpha value is -2.93. The van der Waals surface area contributed by atoms with Crippen LogP contribution in [0, 0.1) is 0 Å². The number of anilines is 3. The molecule has 0 unspecified atom stereocenters. The Morgan fingerprint density at radius 3 is 2.56 bits per heavy atom. The predicted octanol–water partition coefficient (Wildman–Crippen LogP) is 4.24. The van der Waals surface area contributed by atoms with Gasteiger partial charge in [0.2, 0.25) is 5.95 Å². The van der Waals surface area contributed by atoms with E-state index in [4.69, 9.17) is 4.74 Å². The molecule has 6 nitrogen and oxygen atoms in total. The number of hydrogen-bond donors (Lipinski definition) is 2. The Labute approximate surface area is 153 Å². The summed E-state index contributed by atoms with van der Waals surface area (Å²) in [7, 11) is 1.59. The zero-order valence-corrected chi connectivity index (χ0v) is 14.9. The number of halogens is 1. The van der Waals surface area contributed by atoms with Crippen molar-refractivity contribution in [2.75, 3.05) is 17.7 Å². The van der Waals surface area contributed by atoms with Crippen LogP contribution in [0.5, 0.6) is 5.75 Å². The molecule has 2 N–H and O–H groups in total. The zero-order valence-electron chi connectivity index (χ0n) is 13.4. The van der Waals surface area contributed by atoms with E-state index < -0.39 is 0 Å². The van der Waals surface area contributed by atoms with E-state index in [-0.39, 0.29) is 11.6 Å². The maximum absolute atomic E-state index is 12.4. The number of nitrogens with one attached hydrogen (secondary N) is 2. The van der Waals surface area contributed by atoms with Crippen LogP contribution in [0.2, 0.25) is 0 Å². The largest absolute Gasteiger partial charge is 0.497 e. The monoisotopic (exact) mass is 398 g/mol. The summed E-state index contributed by atoms with van der Waals surface area (Å²) >= 11 is 3.45. The lowest BCUT2D eigenvalue weighted by Crippen LogP contribution is -2.14. The molecule has 2 aromatic carbocycles. The molecular formula is C18H15BrN4O2. The molecule has 0 aliphatic rings. The Morgan fingerprint density at radius 1 is 1.08 bits per heavy atom. The van der Waals surface area contributed by atoms with Crippen molar-refractivity contribution >= 4 is 39.2 Å². The van der Waals surface area contributed by atoms with Gasteiger partial charge in [0.15, 0.2) is 0 Å². The molecule has 7 heteroatoms. The van der Waals surface area contributed by atoms with Crippen LogP contribution < -0.4 is 15.4 Å². The Kier molecular flexibility index (Phi) is 5.25. The molecule has 0 spiro atoms. The highest BCUT2D eigenvalue weighted by Gasteiger charge is 2.10. The van der Waals surface area contributed by atoms with Gasteiger partial charge in [-0.25, -0.2) is 9.97 Å². The maximum Gasteiger partial charge on any atom is 0.274 e. The number of aromatic nitrogens is 2. The number of nitrogens with zero attached hydrogens (tertiary/aromatic N) is 2. The Morgan fingerprint density at radius 2 is 1.84 bits per heavy atom. The quantitative estimate of drug-likeness (QED) is 0.671. The molecule has 3 rings (SSSR count). The van der Waals surface area contributed by atoms with Gasteiger partial charge in [-0.1, -0.05) is 12.1 Å². The van der Waals surface area contributed by atoms with Crippen LogP contribution in [-0.2, 0) is 0 Å². The molecule has 0 aliphatic heterocycles. The van der Waals surface area contributed by atoms with Gasteiger partial charge in [-0.05, 0) is 58.4 Å². The van der Waals surface area contributed by atoms with E-state index in [9.17, 15) is 4.79 Å². The molecule has 0 radical (unpaired) electrons. The molecule has 0 bridgehead atoms. The van der Waals surface area contributed by atoms with Crippen molar-refractivity contribution in [2.24, 2.45) is 0 Å². The number of methoxy groups -OCH3 is 1. The van der Waals surface area contributed by atoms with Crippen LogP contribution in [0.4, 0.5) is 17.3 Å². The number of amides is 1. The van der Waals surface area contributed by atoms with Crippen LogP contribution in [-0.4, -0.2) is 23.0 Å². The number of carbonyl (C=O) groups excluding carboxylic acids is 1. The lowest BCUT2D eigenvalue weighted by Gasteiger charge is -2.09. The second-order valence-corrected chi connectivity index (χ2v) is 5.91. The highest BCUT2D eigenvalue weighted by molar-refractivity contribution is 9.10. The van der Waals surface area contributed by atoms with Crippen molar-refractivity contribution in [2.45, 2.75) is 0 Å². The summed E-state index contributed by atoms with van der Waals surface area (Å²) in [5, 5.41) is 5.87. The third-order valence-corrected chi connectivity index (χ3v) is 4.05. The van der Waals surface area contributed by atoms with Gasteiger partial charge in [0, 0.05) is 16.4 Å². The summed E-state index contributed by atoms with van der Waals surface area (Å²) in [6.45, 7) is 0. The van der Waals surface area contributed by atoms with Gasteiger partial charge in [-0.15, -0.1) is 0 Å². The smallest absolute Gasteiger partial charge is 0.274 e. The van der Waals surface area contributed by atoms with Crippen molar-refractivity contribution in [3.8, 4) is 5.75 Å². The first-order chi connectivity index (χ1) is 12.2. The Balaban J connectivity index is 1.74. The minimum Gasteiger partial charge on any atom is -0.497 e. The van der Waals surface area contributed by atoms with Gasteiger partial charge in [-0.3, -0.25) is 4.79 Å². The van der Waals surface area contributed by atoms with Gasteiger partial charge < -0.3 is 15.4 Å². The highest BCUT2D eigenvalue weighted by atomic mass is 79.9. The average molecular weight is 399 g/mol. The fourth-order valence-corrected chi connectivity index (χ4v) is 2.48. The molecule has 126 valence electrons. The molecule has 0 saturated carbocycles. The number of hydrogen-bond acceptors (Lipinski definition) is 5. The van der Waals surface area contributed by atoms with Crippen molar-refractivity contribution in [1.82, 2.24) is 9.97 Å². The lowest BCUT2D eigenvalue weighted by atomic mass is 10.3. The Bertz CT molecular complexity index is 884. The van der Waals surface area contributed by atoms with Crippen molar-refractivity contribution in [3.05, 3.63) is 71.0 Å². The predicted molar refractivity (Wildman–Crippen MR) is 100 cm³/mol. The lowest BCUT2D eigenvalue weighted by molar-refractivity contribution is 0.102. The number of ether oxygens (including phenoxy) is 1. The highest BCUT2D eigenvalue weighted by Crippen LogP contribution is 2.23. The zero-order chi connectivity index (χ0) is 17.6. The molecule has 1 aromatic heterocycles. The van der Waals surface area contributed by atoms with E-state index in [1.165, 1.54) is 6.20 Å².